The lowest BCUT2D eigenvalue weighted by Crippen LogP contribution is -2.11. The van der Waals surface area contributed by atoms with Crippen LogP contribution in [0.2, 0.25) is 0 Å². The highest BCUT2D eigenvalue weighted by Gasteiger charge is 2.16. The van der Waals surface area contributed by atoms with Crippen LogP contribution in [0.1, 0.15) is 39.3 Å². The third kappa shape index (κ3) is 3.22. The van der Waals surface area contributed by atoms with E-state index < -0.39 is 0 Å². The Morgan fingerprint density at radius 2 is 1.81 bits per heavy atom. The molecule has 1 aromatic carbocycles. The standard InChI is InChI=1S/C13H20FNS/c1-8(2)10(4)16-12-7-5-6-11(14)13(12)9(3)15/h5-10H,15H2,1-4H3/t9-,10?/m1/s1. The lowest BCUT2D eigenvalue weighted by molar-refractivity contribution is 0.584. The summed E-state index contributed by atoms with van der Waals surface area (Å²) in [5.41, 5.74) is 6.45. The Morgan fingerprint density at radius 1 is 1.19 bits per heavy atom. The fourth-order valence-corrected chi connectivity index (χ4v) is 2.64. The van der Waals surface area contributed by atoms with Crippen molar-refractivity contribution < 1.29 is 4.39 Å². The van der Waals surface area contributed by atoms with Gasteiger partial charge in [0.1, 0.15) is 5.82 Å². The summed E-state index contributed by atoms with van der Waals surface area (Å²) in [6.07, 6.45) is 0. The fourth-order valence-electron chi connectivity index (χ4n) is 1.40. The number of nitrogens with two attached hydrogens (primary N) is 1. The van der Waals surface area contributed by atoms with Gasteiger partial charge in [0.05, 0.1) is 0 Å². The summed E-state index contributed by atoms with van der Waals surface area (Å²) >= 11 is 1.70. The van der Waals surface area contributed by atoms with Crippen molar-refractivity contribution in [1.82, 2.24) is 0 Å². The molecule has 1 rings (SSSR count). The van der Waals surface area contributed by atoms with E-state index >= 15 is 0 Å². The summed E-state index contributed by atoms with van der Waals surface area (Å²) in [5, 5.41) is 0.458. The summed E-state index contributed by atoms with van der Waals surface area (Å²) in [5.74, 6) is 0.366. The van der Waals surface area contributed by atoms with Crippen molar-refractivity contribution in [3.63, 3.8) is 0 Å². The van der Waals surface area contributed by atoms with E-state index in [0.29, 0.717) is 16.7 Å². The summed E-state index contributed by atoms with van der Waals surface area (Å²) in [7, 11) is 0. The molecule has 2 N–H and O–H groups in total. The van der Waals surface area contributed by atoms with Crippen LogP contribution in [0.4, 0.5) is 4.39 Å². The van der Waals surface area contributed by atoms with Crippen molar-refractivity contribution in [2.24, 2.45) is 11.7 Å². The molecule has 1 nitrogen and oxygen atoms in total. The molecule has 0 radical (unpaired) electrons. The Labute approximate surface area is 102 Å². The monoisotopic (exact) mass is 241 g/mol. The van der Waals surface area contributed by atoms with Gasteiger partial charge in [0.2, 0.25) is 0 Å². The minimum atomic E-state index is -0.261. The smallest absolute Gasteiger partial charge is 0.129 e. The highest BCUT2D eigenvalue weighted by atomic mass is 32.2. The van der Waals surface area contributed by atoms with Crippen molar-refractivity contribution in [2.75, 3.05) is 0 Å². The lowest BCUT2D eigenvalue weighted by atomic mass is 10.1. The van der Waals surface area contributed by atoms with Crippen LogP contribution in [-0.2, 0) is 0 Å². The number of rotatable bonds is 4. The minimum Gasteiger partial charge on any atom is -0.324 e. The number of hydrogen-bond acceptors (Lipinski definition) is 2. The van der Waals surface area contributed by atoms with Crippen LogP contribution < -0.4 is 5.73 Å². The van der Waals surface area contributed by atoms with E-state index in [9.17, 15) is 4.39 Å². The Balaban J connectivity index is 2.99. The maximum absolute atomic E-state index is 13.7. The van der Waals surface area contributed by atoms with Gasteiger partial charge in [-0.1, -0.05) is 26.8 Å². The topological polar surface area (TPSA) is 26.0 Å². The zero-order valence-corrected chi connectivity index (χ0v) is 11.1. The highest BCUT2D eigenvalue weighted by Crippen LogP contribution is 2.33. The van der Waals surface area contributed by atoms with Gasteiger partial charge >= 0.3 is 0 Å². The molecule has 2 atom stereocenters. The van der Waals surface area contributed by atoms with Crippen molar-refractivity contribution in [2.45, 2.75) is 43.9 Å². The molecule has 16 heavy (non-hydrogen) atoms. The Morgan fingerprint density at radius 3 is 2.31 bits per heavy atom. The summed E-state index contributed by atoms with van der Waals surface area (Å²) in [6.45, 7) is 8.32. The van der Waals surface area contributed by atoms with E-state index in [4.69, 9.17) is 5.73 Å². The molecule has 0 bridgehead atoms. The third-order valence-electron chi connectivity index (χ3n) is 2.72. The molecular weight excluding hydrogens is 221 g/mol. The molecule has 0 saturated heterocycles. The molecular formula is C13H20FNS. The second kappa shape index (κ2) is 5.69. The number of thioether (sulfide) groups is 1. The van der Waals surface area contributed by atoms with E-state index in [1.165, 1.54) is 6.07 Å². The van der Waals surface area contributed by atoms with Gasteiger partial charge in [0.15, 0.2) is 0 Å². The van der Waals surface area contributed by atoms with E-state index in [1.54, 1.807) is 17.8 Å². The molecule has 0 saturated carbocycles. The van der Waals surface area contributed by atoms with Gasteiger partial charge in [0, 0.05) is 21.8 Å². The average molecular weight is 241 g/mol. The van der Waals surface area contributed by atoms with Gasteiger partial charge in [-0.3, -0.25) is 0 Å². The molecule has 0 aliphatic heterocycles. The lowest BCUT2D eigenvalue weighted by Gasteiger charge is -2.19. The number of benzene rings is 1. The third-order valence-corrected chi connectivity index (χ3v) is 4.25. The molecule has 0 aromatic heterocycles. The fraction of sp³-hybridized carbons (Fsp3) is 0.538. The predicted molar refractivity (Wildman–Crippen MR) is 69.2 cm³/mol. The Kier molecular flexibility index (Phi) is 4.81. The molecule has 0 aliphatic carbocycles. The summed E-state index contributed by atoms with van der Waals surface area (Å²) < 4.78 is 13.7. The number of halogens is 1. The maximum atomic E-state index is 13.7. The molecule has 90 valence electrons. The van der Waals surface area contributed by atoms with Crippen LogP contribution in [0.5, 0.6) is 0 Å². The van der Waals surface area contributed by atoms with E-state index in [0.717, 1.165) is 4.90 Å². The van der Waals surface area contributed by atoms with Gasteiger partial charge in [-0.15, -0.1) is 11.8 Å². The van der Waals surface area contributed by atoms with Gasteiger partial charge in [-0.05, 0) is 25.0 Å². The minimum absolute atomic E-state index is 0.198. The molecule has 0 amide bonds. The Bertz CT molecular complexity index is 350. The first kappa shape index (κ1) is 13.5. The number of hydrogen-bond donors (Lipinski definition) is 1. The van der Waals surface area contributed by atoms with Crippen molar-refractivity contribution in [3.05, 3.63) is 29.6 Å². The van der Waals surface area contributed by atoms with Gasteiger partial charge in [-0.2, -0.15) is 0 Å². The highest BCUT2D eigenvalue weighted by molar-refractivity contribution is 8.00. The van der Waals surface area contributed by atoms with Crippen LogP contribution in [0.25, 0.3) is 0 Å². The molecule has 1 unspecified atom stereocenters. The van der Waals surface area contributed by atoms with Crippen LogP contribution in [-0.4, -0.2) is 5.25 Å². The van der Waals surface area contributed by atoms with Crippen LogP contribution in [0.3, 0.4) is 0 Å². The van der Waals surface area contributed by atoms with Crippen molar-refractivity contribution in [1.29, 1.82) is 0 Å². The molecule has 0 spiro atoms. The second-order valence-electron chi connectivity index (χ2n) is 4.51. The zero-order chi connectivity index (χ0) is 12.3. The van der Waals surface area contributed by atoms with Crippen molar-refractivity contribution >= 4 is 11.8 Å². The maximum Gasteiger partial charge on any atom is 0.129 e. The first-order valence-corrected chi connectivity index (χ1v) is 6.52. The SMILES string of the molecule is CC(C)C(C)Sc1cccc(F)c1[C@@H](C)N. The largest absolute Gasteiger partial charge is 0.324 e. The summed E-state index contributed by atoms with van der Waals surface area (Å²) in [4.78, 5) is 0.969. The van der Waals surface area contributed by atoms with Crippen LogP contribution in [0.15, 0.2) is 23.1 Å². The first-order valence-electron chi connectivity index (χ1n) is 5.64. The van der Waals surface area contributed by atoms with Crippen molar-refractivity contribution in [3.8, 4) is 0 Å². The van der Waals surface area contributed by atoms with Gasteiger partial charge in [-0.25, -0.2) is 4.39 Å². The van der Waals surface area contributed by atoms with E-state index in [-0.39, 0.29) is 11.9 Å². The van der Waals surface area contributed by atoms with Crippen LogP contribution >= 0.6 is 11.8 Å². The van der Waals surface area contributed by atoms with Gasteiger partial charge < -0.3 is 5.73 Å². The molecule has 0 fully saturated rings. The zero-order valence-electron chi connectivity index (χ0n) is 10.3. The quantitative estimate of drug-likeness (QED) is 0.807. The van der Waals surface area contributed by atoms with Crippen LogP contribution in [0, 0.1) is 11.7 Å². The summed E-state index contributed by atoms with van der Waals surface area (Å²) in [6, 6.07) is 4.91. The Hall–Kier alpha value is -0.540. The molecule has 0 aliphatic rings. The molecule has 0 heterocycles. The predicted octanol–water partition coefficient (Wildman–Crippen LogP) is 3.98. The second-order valence-corrected chi connectivity index (χ2v) is 5.93. The molecule has 1 aromatic rings. The average Bonchev–Trinajstić information content (AvgIpc) is 2.16. The van der Waals surface area contributed by atoms with Gasteiger partial charge in [0.25, 0.3) is 0 Å². The first-order chi connectivity index (χ1) is 7.43. The van der Waals surface area contributed by atoms with E-state index in [2.05, 4.69) is 20.8 Å². The molecule has 3 heteroatoms. The van der Waals surface area contributed by atoms with E-state index in [1.807, 2.05) is 13.0 Å². The normalized spacial score (nSPS) is 15.2.